The van der Waals surface area contributed by atoms with E-state index in [1.807, 2.05) is 25.2 Å². The van der Waals surface area contributed by atoms with Crippen LogP contribution >= 0.6 is 11.3 Å². The number of hydrogen-bond donors (Lipinski definition) is 1. The van der Waals surface area contributed by atoms with Gasteiger partial charge < -0.3 is 14.8 Å². The van der Waals surface area contributed by atoms with Crippen LogP contribution in [0.2, 0.25) is 0 Å². The van der Waals surface area contributed by atoms with Crippen molar-refractivity contribution in [2.24, 2.45) is 0 Å². The Balaban J connectivity index is 2.08. The van der Waals surface area contributed by atoms with Crippen LogP contribution in [0.1, 0.15) is 37.1 Å². The summed E-state index contributed by atoms with van der Waals surface area (Å²) in [5.74, 6) is 0. The molecule has 0 fully saturated rings. The van der Waals surface area contributed by atoms with Crippen molar-refractivity contribution in [3.8, 4) is 0 Å². The van der Waals surface area contributed by atoms with E-state index in [2.05, 4.69) is 23.7 Å². The van der Waals surface area contributed by atoms with Gasteiger partial charge in [-0.2, -0.15) is 0 Å². The van der Waals surface area contributed by atoms with Crippen LogP contribution in [0.5, 0.6) is 0 Å². The fourth-order valence-corrected chi connectivity index (χ4v) is 2.64. The Morgan fingerprint density at radius 1 is 1.28 bits per heavy atom. The van der Waals surface area contributed by atoms with Gasteiger partial charge in [0.1, 0.15) is 0 Å². The first-order valence-corrected chi connectivity index (χ1v) is 7.62. The quantitative estimate of drug-likeness (QED) is 0.523. The van der Waals surface area contributed by atoms with Gasteiger partial charge in [0, 0.05) is 24.6 Å². The number of rotatable bonds is 10. The standard InChI is InChI=1S/C14H25NO2S/c1-4-16-14(17-5-2)7-6-9-15-11-13-12(3)8-10-18-13/h8,10,14-15H,4-7,9,11H2,1-3H3. The molecular formula is C14H25NO2S. The van der Waals surface area contributed by atoms with Gasteiger partial charge in [-0.15, -0.1) is 11.3 Å². The lowest BCUT2D eigenvalue weighted by atomic mass is 10.2. The zero-order valence-electron chi connectivity index (χ0n) is 11.7. The number of nitrogens with one attached hydrogen (secondary N) is 1. The predicted octanol–water partition coefficient (Wildman–Crippen LogP) is 3.33. The molecule has 0 aliphatic carbocycles. The van der Waals surface area contributed by atoms with Crippen LogP contribution < -0.4 is 5.32 Å². The molecule has 0 bridgehead atoms. The van der Waals surface area contributed by atoms with Crippen molar-refractivity contribution in [1.29, 1.82) is 0 Å². The van der Waals surface area contributed by atoms with E-state index in [0.717, 1.165) is 25.9 Å². The molecule has 0 aromatic carbocycles. The Kier molecular flexibility index (Phi) is 8.25. The molecule has 3 nitrogen and oxygen atoms in total. The topological polar surface area (TPSA) is 30.5 Å². The van der Waals surface area contributed by atoms with Gasteiger partial charge in [-0.25, -0.2) is 0 Å². The maximum absolute atomic E-state index is 5.51. The number of hydrogen-bond acceptors (Lipinski definition) is 4. The largest absolute Gasteiger partial charge is 0.353 e. The third-order valence-corrected chi connectivity index (χ3v) is 3.78. The van der Waals surface area contributed by atoms with Crippen LogP contribution in [0.15, 0.2) is 11.4 Å². The second-order valence-electron chi connectivity index (χ2n) is 4.19. The van der Waals surface area contributed by atoms with E-state index in [0.29, 0.717) is 13.2 Å². The second-order valence-corrected chi connectivity index (χ2v) is 5.19. The fraction of sp³-hybridized carbons (Fsp3) is 0.714. The van der Waals surface area contributed by atoms with Crippen LogP contribution in [0.3, 0.4) is 0 Å². The van der Waals surface area contributed by atoms with E-state index < -0.39 is 0 Å². The van der Waals surface area contributed by atoms with Crippen LogP contribution in [-0.4, -0.2) is 26.0 Å². The normalized spacial score (nSPS) is 11.3. The molecule has 0 saturated heterocycles. The summed E-state index contributed by atoms with van der Waals surface area (Å²) in [6.45, 7) is 9.58. The SMILES string of the molecule is CCOC(CCCNCc1sccc1C)OCC. The van der Waals surface area contributed by atoms with Crippen LogP contribution in [0.25, 0.3) is 0 Å². The average Bonchev–Trinajstić information content (AvgIpc) is 2.75. The molecule has 18 heavy (non-hydrogen) atoms. The maximum atomic E-state index is 5.51. The van der Waals surface area contributed by atoms with E-state index in [4.69, 9.17) is 9.47 Å². The van der Waals surface area contributed by atoms with Crippen LogP contribution in [-0.2, 0) is 16.0 Å². The van der Waals surface area contributed by atoms with Gasteiger partial charge in [0.2, 0.25) is 0 Å². The number of thiophene rings is 1. The average molecular weight is 271 g/mol. The minimum Gasteiger partial charge on any atom is -0.353 e. The van der Waals surface area contributed by atoms with Gasteiger partial charge in [0.15, 0.2) is 6.29 Å². The highest BCUT2D eigenvalue weighted by Crippen LogP contribution is 2.14. The highest BCUT2D eigenvalue weighted by molar-refractivity contribution is 7.10. The molecule has 104 valence electrons. The van der Waals surface area contributed by atoms with Crippen molar-refractivity contribution in [1.82, 2.24) is 5.32 Å². The van der Waals surface area contributed by atoms with E-state index in [1.54, 1.807) is 0 Å². The van der Waals surface area contributed by atoms with Gasteiger partial charge in [0.05, 0.1) is 0 Å². The van der Waals surface area contributed by atoms with Gasteiger partial charge in [-0.1, -0.05) is 0 Å². The molecule has 1 heterocycles. The summed E-state index contributed by atoms with van der Waals surface area (Å²) in [5.41, 5.74) is 1.38. The third kappa shape index (κ3) is 5.96. The minimum absolute atomic E-state index is 0.0368. The summed E-state index contributed by atoms with van der Waals surface area (Å²) in [5, 5.41) is 5.61. The molecule has 0 aliphatic rings. The lowest BCUT2D eigenvalue weighted by Crippen LogP contribution is -2.21. The molecule has 4 heteroatoms. The van der Waals surface area contributed by atoms with Crippen molar-refractivity contribution in [3.63, 3.8) is 0 Å². The summed E-state index contributed by atoms with van der Waals surface area (Å²) >= 11 is 1.82. The smallest absolute Gasteiger partial charge is 0.157 e. The molecule has 0 unspecified atom stereocenters. The first kappa shape index (κ1) is 15.6. The first-order chi connectivity index (χ1) is 8.77. The van der Waals surface area contributed by atoms with E-state index in [9.17, 15) is 0 Å². The Bertz CT molecular complexity index is 308. The van der Waals surface area contributed by atoms with E-state index in [-0.39, 0.29) is 6.29 Å². The monoisotopic (exact) mass is 271 g/mol. The zero-order valence-corrected chi connectivity index (χ0v) is 12.5. The predicted molar refractivity (Wildman–Crippen MR) is 77.0 cm³/mol. The molecule has 0 amide bonds. The van der Waals surface area contributed by atoms with E-state index >= 15 is 0 Å². The Hall–Kier alpha value is -0.420. The highest BCUT2D eigenvalue weighted by Gasteiger charge is 2.06. The Labute approximate surface area is 114 Å². The van der Waals surface area contributed by atoms with Crippen molar-refractivity contribution in [2.75, 3.05) is 19.8 Å². The minimum atomic E-state index is -0.0368. The zero-order chi connectivity index (χ0) is 13.2. The third-order valence-electron chi connectivity index (χ3n) is 2.75. The van der Waals surface area contributed by atoms with Gasteiger partial charge in [-0.3, -0.25) is 0 Å². The molecule has 1 N–H and O–H groups in total. The number of ether oxygens (including phenoxy) is 2. The molecule has 0 aliphatic heterocycles. The summed E-state index contributed by atoms with van der Waals surface area (Å²) in [6.07, 6.45) is 2.00. The van der Waals surface area contributed by atoms with Crippen molar-refractivity contribution in [2.45, 2.75) is 46.4 Å². The summed E-state index contributed by atoms with van der Waals surface area (Å²) < 4.78 is 11.0. The fourth-order valence-electron chi connectivity index (χ4n) is 1.77. The van der Waals surface area contributed by atoms with Crippen LogP contribution in [0, 0.1) is 6.92 Å². The van der Waals surface area contributed by atoms with Crippen molar-refractivity contribution in [3.05, 3.63) is 21.9 Å². The first-order valence-electron chi connectivity index (χ1n) is 6.74. The van der Waals surface area contributed by atoms with Gasteiger partial charge in [-0.05, 0) is 57.2 Å². The lowest BCUT2D eigenvalue weighted by Gasteiger charge is -2.16. The van der Waals surface area contributed by atoms with Gasteiger partial charge >= 0.3 is 0 Å². The van der Waals surface area contributed by atoms with Crippen molar-refractivity contribution < 1.29 is 9.47 Å². The molecule has 0 spiro atoms. The Morgan fingerprint density at radius 3 is 2.56 bits per heavy atom. The summed E-state index contributed by atoms with van der Waals surface area (Å²) in [4.78, 5) is 1.43. The van der Waals surface area contributed by atoms with Crippen LogP contribution in [0.4, 0.5) is 0 Å². The molecule has 1 rings (SSSR count). The molecule has 0 saturated carbocycles. The molecular weight excluding hydrogens is 246 g/mol. The van der Waals surface area contributed by atoms with Gasteiger partial charge in [0.25, 0.3) is 0 Å². The molecule has 0 atom stereocenters. The summed E-state index contributed by atoms with van der Waals surface area (Å²) in [6, 6.07) is 2.17. The second kappa shape index (κ2) is 9.50. The lowest BCUT2D eigenvalue weighted by molar-refractivity contribution is -0.139. The number of aryl methyl sites for hydroxylation is 1. The molecule has 1 aromatic rings. The molecule has 0 radical (unpaired) electrons. The van der Waals surface area contributed by atoms with Crippen molar-refractivity contribution >= 4 is 11.3 Å². The Morgan fingerprint density at radius 2 is 2.00 bits per heavy atom. The summed E-state index contributed by atoms with van der Waals surface area (Å²) in [7, 11) is 0. The van der Waals surface area contributed by atoms with E-state index in [1.165, 1.54) is 10.4 Å². The highest BCUT2D eigenvalue weighted by atomic mass is 32.1. The maximum Gasteiger partial charge on any atom is 0.157 e. The molecule has 1 aromatic heterocycles.